The molecule has 0 bridgehead atoms. The Morgan fingerprint density at radius 2 is 1.64 bits per heavy atom. The van der Waals surface area contributed by atoms with Gasteiger partial charge in [-0.05, 0) is 30.5 Å². The van der Waals surface area contributed by atoms with Gasteiger partial charge in [0, 0.05) is 5.39 Å². The van der Waals surface area contributed by atoms with Gasteiger partial charge < -0.3 is 9.47 Å². The van der Waals surface area contributed by atoms with Crippen molar-refractivity contribution in [2.24, 2.45) is 0 Å². The molecule has 0 heterocycles. The van der Waals surface area contributed by atoms with Gasteiger partial charge in [-0.15, -0.1) is 0 Å². The molecule has 0 saturated heterocycles. The molecule has 3 aromatic carbocycles. The Bertz CT molecular complexity index is 906. The number of anilines is 1. The zero-order valence-electron chi connectivity index (χ0n) is 13.7. The Morgan fingerprint density at radius 3 is 2.40 bits per heavy atom. The summed E-state index contributed by atoms with van der Waals surface area (Å²) in [5.74, 6) is -0.233. The third-order valence-electron chi connectivity index (χ3n) is 3.61. The van der Waals surface area contributed by atoms with Gasteiger partial charge in [-0.1, -0.05) is 48.5 Å². The molecule has 3 rings (SSSR count). The summed E-state index contributed by atoms with van der Waals surface area (Å²) in [6.07, 6.45) is -0.601. The highest BCUT2D eigenvalue weighted by molar-refractivity contribution is 6.04. The SMILES string of the molecule is CCOC(=O)Nc1c(OC(=O)c2ccccc2)ccc2ccccc12. The molecule has 0 spiro atoms. The number of ether oxygens (including phenoxy) is 2. The highest BCUT2D eigenvalue weighted by atomic mass is 16.6. The largest absolute Gasteiger partial charge is 0.450 e. The molecule has 0 aromatic heterocycles. The molecule has 1 N–H and O–H groups in total. The van der Waals surface area contributed by atoms with E-state index >= 15 is 0 Å². The summed E-state index contributed by atoms with van der Waals surface area (Å²) in [5.41, 5.74) is 0.832. The Hall–Kier alpha value is -3.34. The van der Waals surface area contributed by atoms with Crippen LogP contribution in [0.25, 0.3) is 10.8 Å². The summed E-state index contributed by atoms with van der Waals surface area (Å²) < 4.78 is 10.5. The smallest absolute Gasteiger partial charge is 0.411 e. The summed E-state index contributed by atoms with van der Waals surface area (Å²) >= 11 is 0. The van der Waals surface area contributed by atoms with E-state index in [1.807, 2.05) is 36.4 Å². The number of hydrogen-bond acceptors (Lipinski definition) is 4. The van der Waals surface area contributed by atoms with Crippen LogP contribution in [0, 0.1) is 0 Å². The van der Waals surface area contributed by atoms with Gasteiger partial charge in [0.05, 0.1) is 17.9 Å². The maximum Gasteiger partial charge on any atom is 0.411 e. The molecular formula is C20H17NO4. The van der Waals surface area contributed by atoms with Gasteiger partial charge in [0.2, 0.25) is 0 Å². The van der Waals surface area contributed by atoms with Crippen molar-refractivity contribution in [3.05, 3.63) is 72.3 Å². The number of carbonyl (C=O) groups is 2. The van der Waals surface area contributed by atoms with Crippen LogP contribution in [-0.4, -0.2) is 18.7 Å². The summed E-state index contributed by atoms with van der Waals surface area (Å²) in [5, 5.41) is 4.34. The number of nitrogens with one attached hydrogen (secondary N) is 1. The number of carbonyl (C=O) groups excluding carboxylic acids is 2. The van der Waals surface area contributed by atoms with E-state index in [1.165, 1.54) is 0 Å². The Kier molecular flexibility index (Phi) is 4.95. The van der Waals surface area contributed by atoms with E-state index in [0.29, 0.717) is 11.3 Å². The molecule has 0 aliphatic heterocycles. The van der Waals surface area contributed by atoms with E-state index in [1.54, 1.807) is 37.3 Å². The molecule has 0 unspecified atom stereocenters. The number of fused-ring (bicyclic) bond motifs is 1. The first kappa shape index (κ1) is 16.5. The monoisotopic (exact) mass is 335 g/mol. The lowest BCUT2D eigenvalue weighted by Crippen LogP contribution is -2.16. The van der Waals surface area contributed by atoms with Crippen LogP contribution >= 0.6 is 0 Å². The van der Waals surface area contributed by atoms with Crippen LogP contribution in [0.4, 0.5) is 10.5 Å². The second-order valence-corrected chi connectivity index (χ2v) is 5.26. The summed E-state index contributed by atoms with van der Waals surface area (Å²) in [6, 6.07) is 19.7. The second-order valence-electron chi connectivity index (χ2n) is 5.26. The maximum atomic E-state index is 12.3. The fraction of sp³-hybridized carbons (Fsp3) is 0.100. The van der Waals surface area contributed by atoms with E-state index < -0.39 is 12.1 Å². The molecule has 0 fully saturated rings. The van der Waals surface area contributed by atoms with Crippen molar-refractivity contribution in [1.82, 2.24) is 0 Å². The van der Waals surface area contributed by atoms with Gasteiger partial charge >= 0.3 is 12.1 Å². The normalized spacial score (nSPS) is 10.3. The number of benzene rings is 3. The molecular weight excluding hydrogens is 318 g/mol. The van der Waals surface area contributed by atoms with Crippen molar-refractivity contribution in [3.8, 4) is 5.75 Å². The quantitative estimate of drug-likeness (QED) is 0.558. The molecule has 1 amide bonds. The van der Waals surface area contributed by atoms with Gasteiger partial charge in [-0.25, -0.2) is 9.59 Å². The first-order valence-electron chi connectivity index (χ1n) is 7.92. The number of esters is 1. The zero-order valence-corrected chi connectivity index (χ0v) is 13.7. The fourth-order valence-corrected chi connectivity index (χ4v) is 2.47. The van der Waals surface area contributed by atoms with E-state index in [4.69, 9.17) is 9.47 Å². The minimum Gasteiger partial charge on any atom is -0.450 e. The predicted molar refractivity (Wildman–Crippen MR) is 96.0 cm³/mol. The lowest BCUT2D eigenvalue weighted by atomic mass is 10.1. The van der Waals surface area contributed by atoms with Crippen molar-refractivity contribution in [2.45, 2.75) is 6.92 Å². The molecule has 25 heavy (non-hydrogen) atoms. The maximum absolute atomic E-state index is 12.3. The van der Waals surface area contributed by atoms with Crippen LogP contribution in [-0.2, 0) is 4.74 Å². The molecule has 0 saturated carbocycles. The van der Waals surface area contributed by atoms with Crippen LogP contribution in [0.2, 0.25) is 0 Å². The van der Waals surface area contributed by atoms with Crippen molar-refractivity contribution in [1.29, 1.82) is 0 Å². The topological polar surface area (TPSA) is 64.6 Å². The molecule has 0 aliphatic carbocycles. The molecule has 126 valence electrons. The first-order chi connectivity index (χ1) is 12.2. The van der Waals surface area contributed by atoms with Crippen LogP contribution in [0.3, 0.4) is 0 Å². The molecule has 0 radical (unpaired) electrons. The third-order valence-corrected chi connectivity index (χ3v) is 3.61. The lowest BCUT2D eigenvalue weighted by Gasteiger charge is -2.14. The van der Waals surface area contributed by atoms with E-state index in [-0.39, 0.29) is 12.4 Å². The van der Waals surface area contributed by atoms with Crippen molar-refractivity contribution in [3.63, 3.8) is 0 Å². The Labute approximate surface area is 145 Å². The minimum atomic E-state index is -0.601. The van der Waals surface area contributed by atoms with Crippen LogP contribution < -0.4 is 10.1 Å². The lowest BCUT2D eigenvalue weighted by molar-refractivity contribution is 0.0735. The fourth-order valence-electron chi connectivity index (χ4n) is 2.47. The zero-order chi connectivity index (χ0) is 17.6. The van der Waals surface area contributed by atoms with E-state index in [9.17, 15) is 9.59 Å². The van der Waals surface area contributed by atoms with Crippen LogP contribution in [0.15, 0.2) is 66.7 Å². The first-order valence-corrected chi connectivity index (χ1v) is 7.92. The molecule has 0 atom stereocenters. The Balaban J connectivity index is 1.98. The van der Waals surface area contributed by atoms with Gasteiger partial charge in [0.25, 0.3) is 0 Å². The number of amides is 1. The van der Waals surface area contributed by atoms with Gasteiger partial charge in [-0.3, -0.25) is 5.32 Å². The summed E-state index contributed by atoms with van der Waals surface area (Å²) in [6.45, 7) is 1.97. The average molecular weight is 335 g/mol. The van der Waals surface area contributed by atoms with E-state index in [2.05, 4.69) is 5.32 Å². The average Bonchev–Trinajstić information content (AvgIpc) is 2.64. The van der Waals surface area contributed by atoms with Crippen LogP contribution in [0.5, 0.6) is 5.75 Å². The molecule has 0 aliphatic rings. The predicted octanol–water partition coefficient (Wildman–Crippen LogP) is 4.63. The van der Waals surface area contributed by atoms with Gasteiger partial charge in [-0.2, -0.15) is 0 Å². The number of hydrogen-bond donors (Lipinski definition) is 1. The number of rotatable bonds is 4. The Morgan fingerprint density at radius 1 is 0.920 bits per heavy atom. The van der Waals surface area contributed by atoms with Gasteiger partial charge in [0.15, 0.2) is 5.75 Å². The van der Waals surface area contributed by atoms with Gasteiger partial charge in [0.1, 0.15) is 0 Å². The standard InChI is InChI=1S/C20H17NO4/c1-2-24-20(23)21-18-16-11-7-6-8-14(16)12-13-17(18)25-19(22)15-9-4-3-5-10-15/h3-13H,2H2,1H3,(H,21,23). The van der Waals surface area contributed by atoms with Crippen molar-refractivity contribution >= 4 is 28.5 Å². The van der Waals surface area contributed by atoms with Crippen molar-refractivity contribution in [2.75, 3.05) is 11.9 Å². The van der Waals surface area contributed by atoms with Crippen molar-refractivity contribution < 1.29 is 19.1 Å². The second kappa shape index (κ2) is 7.49. The van der Waals surface area contributed by atoms with Crippen LogP contribution in [0.1, 0.15) is 17.3 Å². The minimum absolute atomic E-state index is 0.246. The summed E-state index contributed by atoms with van der Waals surface area (Å²) in [7, 11) is 0. The molecule has 3 aromatic rings. The molecule has 5 nitrogen and oxygen atoms in total. The third kappa shape index (κ3) is 3.77. The summed E-state index contributed by atoms with van der Waals surface area (Å²) in [4.78, 5) is 24.2. The highest BCUT2D eigenvalue weighted by Crippen LogP contribution is 2.34. The van der Waals surface area contributed by atoms with E-state index in [0.717, 1.165) is 10.8 Å². The molecule has 5 heteroatoms. The highest BCUT2D eigenvalue weighted by Gasteiger charge is 2.16.